The third kappa shape index (κ3) is 2.29. The largest absolute Gasteiger partial charge is 0.440 e. The molecule has 94 valence electrons. The second-order valence-corrected chi connectivity index (χ2v) is 4.57. The van der Waals surface area contributed by atoms with Crippen LogP contribution in [0.4, 0.5) is 0 Å². The summed E-state index contributed by atoms with van der Waals surface area (Å²) >= 11 is 0. The molecule has 3 rings (SSSR count). The molecule has 0 N–H and O–H groups in total. The number of ketones is 1. The first kappa shape index (κ1) is 11.4. The average molecular weight is 245 g/mol. The summed E-state index contributed by atoms with van der Waals surface area (Å²) in [5, 5.41) is 0. The van der Waals surface area contributed by atoms with Gasteiger partial charge in [0.2, 0.25) is 5.89 Å². The molecule has 1 aliphatic rings. The number of hydrogen-bond donors (Lipinski definition) is 0. The summed E-state index contributed by atoms with van der Waals surface area (Å²) in [6, 6.07) is 7.53. The van der Waals surface area contributed by atoms with E-state index in [4.69, 9.17) is 9.15 Å². The van der Waals surface area contributed by atoms with E-state index in [2.05, 4.69) is 4.98 Å². The fraction of sp³-hybridized carbons (Fsp3) is 0.429. The topological polar surface area (TPSA) is 52.3 Å². The number of rotatable bonds is 3. The van der Waals surface area contributed by atoms with Gasteiger partial charge in [0.05, 0.1) is 6.42 Å². The summed E-state index contributed by atoms with van der Waals surface area (Å²) in [5.74, 6) is 0.552. The molecule has 1 aromatic carbocycles. The van der Waals surface area contributed by atoms with Gasteiger partial charge < -0.3 is 9.15 Å². The van der Waals surface area contributed by atoms with Crippen LogP contribution in [-0.2, 0) is 16.0 Å². The lowest BCUT2D eigenvalue weighted by molar-refractivity contribution is -0.132. The first-order valence-electron chi connectivity index (χ1n) is 6.32. The van der Waals surface area contributed by atoms with Gasteiger partial charge in [-0.05, 0) is 31.4 Å². The third-order valence-corrected chi connectivity index (χ3v) is 3.20. The van der Waals surface area contributed by atoms with Gasteiger partial charge in [-0.1, -0.05) is 12.1 Å². The number of aromatic nitrogens is 1. The Hall–Kier alpha value is -1.68. The molecule has 0 amide bonds. The molecule has 18 heavy (non-hydrogen) atoms. The standard InChI is InChI=1S/C14H15NO3/c16-11(13-7-3-4-8-17-13)9-14-15-10-5-1-2-6-12(10)18-14/h1-2,5-6,13H,3-4,7-9H2. The Labute approximate surface area is 105 Å². The van der Waals surface area contributed by atoms with Gasteiger partial charge in [0.25, 0.3) is 0 Å². The highest BCUT2D eigenvalue weighted by Gasteiger charge is 2.23. The number of fused-ring (bicyclic) bond motifs is 1. The second-order valence-electron chi connectivity index (χ2n) is 4.57. The molecule has 1 aromatic heterocycles. The Morgan fingerprint density at radius 3 is 3.00 bits per heavy atom. The first-order valence-corrected chi connectivity index (χ1v) is 6.32. The molecule has 0 spiro atoms. The highest BCUT2D eigenvalue weighted by atomic mass is 16.5. The van der Waals surface area contributed by atoms with Crippen molar-refractivity contribution >= 4 is 16.9 Å². The quantitative estimate of drug-likeness (QED) is 0.833. The predicted octanol–water partition coefficient (Wildman–Crippen LogP) is 2.51. The molecule has 0 saturated carbocycles. The van der Waals surface area contributed by atoms with Gasteiger partial charge >= 0.3 is 0 Å². The van der Waals surface area contributed by atoms with Crippen LogP contribution in [0, 0.1) is 0 Å². The normalized spacial score (nSPS) is 20.1. The van der Waals surface area contributed by atoms with Crippen molar-refractivity contribution in [1.82, 2.24) is 4.98 Å². The van der Waals surface area contributed by atoms with Crippen molar-refractivity contribution in [3.8, 4) is 0 Å². The molecule has 0 radical (unpaired) electrons. The molecule has 1 atom stereocenters. The second kappa shape index (κ2) is 4.90. The van der Waals surface area contributed by atoms with Crippen LogP contribution >= 0.6 is 0 Å². The van der Waals surface area contributed by atoms with Crippen LogP contribution in [0.3, 0.4) is 0 Å². The van der Waals surface area contributed by atoms with Crippen molar-refractivity contribution < 1.29 is 13.9 Å². The molecule has 4 nitrogen and oxygen atoms in total. The lowest BCUT2D eigenvalue weighted by atomic mass is 10.0. The SMILES string of the molecule is O=C(Cc1nc2ccccc2o1)C1CCCCO1. The Bertz CT molecular complexity index is 522. The molecule has 4 heteroatoms. The predicted molar refractivity (Wildman–Crippen MR) is 66.3 cm³/mol. The summed E-state index contributed by atoms with van der Waals surface area (Å²) in [6.07, 6.45) is 2.88. The zero-order chi connectivity index (χ0) is 12.4. The van der Waals surface area contributed by atoms with E-state index in [-0.39, 0.29) is 18.3 Å². The minimum absolute atomic E-state index is 0.0706. The number of carbonyl (C=O) groups excluding carboxylic acids is 1. The summed E-state index contributed by atoms with van der Waals surface area (Å²) in [6.45, 7) is 0.684. The Kier molecular flexibility index (Phi) is 3.11. The summed E-state index contributed by atoms with van der Waals surface area (Å²) in [5.41, 5.74) is 1.52. The number of carbonyl (C=O) groups is 1. The van der Waals surface area contributed by atoms with Crippen molar-refractivity contribution in [2.24, 2.45) is 0 Å². The zero-order valence-corrected chi connectivity index (χ0v) is 10.1. The van der Waals surface area contributed by atoms with Crippen LogP contribution in [0.2, 0.25) is 0 Å². The van der Waals surface area contributed by atoms with E-state index in [9.17, 15) is 4.79 Å². The molecular weight excluding hydrogens is 230 g/mol. The van der Waals surface area contributed by atoms with Crippen LogP contribution in [0.25, 0.3) is 11.1 Å². The summed E-state index contributed by atoms with van der Waals surface area (Å²) < 4.78 is 11.0. The Balaban J connectivity index is 1.73. The molecule has 0 bridgehead atoms. The molecule has 2 heterocycles. The molecular formula is C14H15NO3. The number of benzene rings is 1. The maximum atomic E-state index is 12.0. The molecule has 0 aliphatic carbocycles. The molecule has 1 unspecified atom stereocenters. The average Bonchev–Trinajstić information content (AvgIpc) is 2.82. The van der Waals surface area contributed by atoms with E-state index in [1.54, 1.807) is 0 Å². The van der Waals surface area contributed by atoms with Crippen molar-refractivity contribution in [3.63, 3.8) is 0 Å². The number of Topliss-reactive ketones (excluding diaryl/α,β-unsaturated/α-hetero) is 1. The van der Waals surface area contributed by atoms with Gasteiger partial charge in [0.1, 0.15) is 11.6 Å². The highest BCUT2D eigenvalue weighted by molar-refractivity contribution is 5.85. The van der Waals surface area contributed by atoms with Crippen molar-refractivity contribution in [3.05, 3.63) is 30.2 Å². The fourth-order valence-electron chi connectivity index (χ4n) is 2.25. The Morgan fingerprint density at radius 2 is 2.22 bits per heavy atom. The minimum Gasteiger partial charge on any atom is -0.440 e. The third-order valence-electron chi connectivity index (χ3n) is 3.20. The van der Waals surface area contributed by atoms with Gasteiger partial charge in [0, 0.05) is 6.61 Å². The van der Waals surface area contributed by atoms with E-state index < -0.39 is 0 Å². The smallest absolute Gasteiger partial charge is 0.203 e. The van der Waals surface area contributed by atoms with Crippen LogP contribution < -0.4 is 0 Å². The van der Waals surface area contributed by atoms with Crippen LogP contribution in [0.5, 0.6) is 0 Å². The monoisotopic (exact) mass is 245 g/mol. The summed E-state index contributed by atoms with van der Waals surface area (Å²) in [4.78, 5) is 16.3. The van der Waals surface area contributed by atoms with Gasteiger partial charge in [-0.15, -0.1) is 0 Å². The number of nitrogens with zero attached hydrogens (tertiary/aromatic N) is 1. The van der Waals surface area contributed by atoms with E-state index in [1.165, 1.54) is 0 Å². The van der Waals surface area contributed by atoms with Crippen LogP contribution in [0.15, 0.2) is 28.7 Å². The van der Waals surface area contributed by atoms with Gasteiger partial charge in [-0.25, -0.2) is 4.98 Å². The molecule has 1 saturated heterocycles. The van der Waals surface area contributed by atoms with Gasteiger partial charge in [-0.3, -0.25) is 4.79 Å². The van der Waals surface area contributed by atoms with Crippen molar-refractivity contribution in [1.29, 1.82) is 0 Å². The van der Waals surface area contributed by atoms with E-state index >= 15 is 0 Å². The molecule has 1 aliphatic heterocycles. The lowest BCUT2D eigenvalue weighted by Gasteiger charge is -2.20. The Morgan fingerprint density at radius 1 is 1.33 bits per heavy atom. The number of hydrogen-bond acceptors (Lipinski definition) is 4. The maximum absolute atomic E-state index is 12.0. The lowest BCUT2D eigenvalue weighted by Crippen LogP contribution is -2.29. The van der Waals surface area contributed by atoms with Crippen molar-refractivity contribution in [2.75, 3.05) is 6.61 Å². The van der Waals surface area contributed by atoms with E-state index in [0.29, 0.717) is 12.5 Å². The van der Waals surface area contributed by atoms with Crippen LogP contribution in [0.1, 0.15) is 25.2 Å². The van der Waals surface area contributed by atoms with E-state index in [1.807, 2.05) is 24.3 Å². The number of para-hydroxylation sites is 2. The fourth-order valence-corrected chi connectivity index (χ4v) is 2.25. The molecule has 2 aromatic rings. The maximum Gasteiger partial charge on any atom is 0.203 e. The molecule has 1 fully saturated rings. The minimum atomic E-state index is -0.270. The van der Waals surface area contributed by atoms with Gasteiger partial charge in [0.15, 0.2) is 11.4 Å². The van der Waals surface area contributed by atoms with Gasteiger partial charge in [-0.2, -0.15) is 0 Å². The zero-order valence-electron chi connectivity index (χ0n) is 10.1. The first-order chi connectivity index (χ1) is 8.83. The van der Waals surface area contributed by atoms with E-state index in [0.717, 1.165) is 30.4 Å². The van der Waals surface area contributed by atoms with Crippen molar-refractivity contribution in [2.45, 2.75) is 31.8 Å². The number of ether oxygens (including phenoxy) is 1. The number of oxazole rings is 1. The highest BCUT2D eigenvalue weighted by Crippen LogP contribution is 2.18. The van der Waals surface area contributed by atoms with Crippen LogP contribution in [-0.4, -0.2) is 23.5 Å². The summed E-state index contributed by atoms with van der Waals surface area (Å²) in [7, 11) is 0.